The summed E-state index contributed by atoms with van der Waals surface area (Å²) < 4.78 is 5.51. The summed E-state index contributed by atoms with van der Waals surface area (Å²) in [5, 5.41) is 0. The van der Waals surface area contributed by atoms with Crippen LogP contribution in [0, 0.1) is 0 Å². The molecule has 1 aliphatic heterocycles. The summed E-state index contributed by atoms with van der Waals surface area (Å²) in [5.41, 5.74) is 1.08. The molecule has 5 nitrogen and oxygen atoms in total. The maximum absolute atomic E-state index is 12.5. The molecule has 0 N–H and O–H groups in total. The molecule has 0 radical (unpaired) electrons. The van der Waals surface area contributed by atoms with Crippen LogP contribution >= 0.6 is 0 Å². The normalized spacial score (nSPS) is 18.5. The van der Waals surface area contributed by atoms with Crippen molar-refractivity contribution in [3.05, 3.63) is 35.4 Å². The number of carbonyl (C=O) groups excluding carboxylic acids is 1. The quantitative estimate of drug-likeness (QED) is 0.604. The lowest BCUT2D eigenvalue weighted by molar-refractivity contribution is -0.396. The summed E-state index contributed by atoms with van der Waals surface area (Å²) in [4.78, 5) is 25.2. The predicted molar refractivity (Wildman–Crippen MR) is 87.8 cm³/mol. The zero-order chi connectivity index (χ0) is 17.3. The number of hydrogen-bond donors (Lipinski definition) is 0. The van der Waals surface area contributed by atoms with Crippen LogP contribution in [-0.2, 0) is 20.9 Å². The minimum absolute atomic E-state index is 0.394. The number of ether oxygens (including phenoxy) is 1. The van der Waals surface area contributed by atoms with E-state index in [0.29, 0.717) is 6.54 Å². The van der Waals surface area contributed by atoms with E-state index in [-0.39, 0.29) is 0 Å². The third kappa shape index (κ3) is 4.94. The van der Waals surface area contributed by atoms with Crippen molar-refractivity contribution in [1.82, 2.24) is 4.90 Å². The Balaban J connectivity index is 2.25. The molecule has 23 heavy (non-hydrogen) atoms. The number of hydrogen-bond acceptors (Lipinski definition) is 4. The summed E-state index contributed by atoms with van der Waals surface area (Å²) in [6, 6.07) is 7.94. The molecule has 0 bridgehead atoms. The number of carbonyl (C=O) groups is 1. The van der Waals surface area contributed by atoms with E-state index in [9.17, 15) is 4.79 Å². The van der Waals surface area contributed by atoms with Gasteiger partial charge in [-0.15, -0.1) is 0 Å². The van der Waals surface area contributed by atoms with Gasteiger partial charge in [0.1, 0.15) is 5.60 Å². The van der Waals surface area contributed by atoms with E-state index in [2.05, 4.69) is 6.07 Å². The highest BCUT2D eigenvalue weighted by molar-refractivity contribution is 5.69. The van der Waals surface area contributed by atoms with Crippen molar-refractivity contribution in [2.24, 2.45) is 0 Å². The average molecular weight is 321 g/mol. The second-order valence-corrected chi connectivity index (χ2v) is 7.77. The molecule has 1 aromatic rings. The molecule has 1 unspecified atom stereocenters. The number of nitrogens with zero attached hydrogens (tertiary/aromatic N) is 1. The van der Waals surface area contributed by atoms with Crippen LogP contribution in [0.3, 0.4) is 0 Å². The van der Waals surface area contributed by atoms with Crippen LogP contribution in [0.1, 0.15) is 58.9 Å². The molecule has 0 saturated heterocycles. The Morgan fingerprint density at radius 1 is 1.09 bits per heavy atom. The standard InChI is InChI=1S/C18H27NO4/c1-17(2,3)21-16(20)19-12-11-13-9-7-8-10-14(13)15(19)22-23-18(4,5)6/h7-10,15H,11-12H2,1-6H3. The zero-order valence-electron chi connectivity index (χ0n) is 14.9. The fraction of sp³-hybridized carbons (Fsp3) is 0.611. The molecule has 0 fully saturated rings. The van der Waals surface area contributed by atoms with Gasteiger partial charge in [-0.1, -0.05) is 24.3 Å². The molecular weight excluding hydrogens is 294 g/mol. The lowest BCUT2D eigenvalue weighted by Crippen LogP contribution is -2.44. The van der Waals surface area contributed by atoms with E-state index in [1.807, 2.05) is 59.7 Å². The van der Waals surface area contributed by atoms with E-state index >= 15 is 0 Å². The zero-order valence-corrected chi connectivity index (χ0v) is 14.9. The highest BCUT2D eigenvalue weighted by atomic mass is 17.2. The van der Waals surface area contributed by atoms with Gasteiger partial charge in [-0.3, -0.25) is 4.90 Å². The van der Waals surface area contributed by atoms with E-state index in [1.54, 1.807) is 4.90 Å². The van der Waals surface area contributed by atoms with Gasteiger partial charge in [-0.2, -0.15) is 0 Å². The molecule has 2 rings (SSSR count). The van der Waals surface area contributed by atoms with Gasteiger partial charge in [0.15, 0.2) is 6.23 Å². The van der Waals surface area contributed by atoms with Crippen LogP contribution in [0.5, 0.6) is 0 Å². The Kier molecular flexibility index (Phi) is 5.01. The molecule has 0 spiro atoms. The molecule has 5 heteroatoms. The van der Waals surface area contributed by atoms with Crippen LogP contribution in [0.4, 0.5) is 4.79 Å². The van der Waals surface area contributed by atoms with Crippen molar-refractivity contribution in [3.8, 4) is 0 Å². The summed E-state index contributed by atoms with van der Waals surface area (Å²) >= 11 is 0. The first-order valence-electron chi connectivity index (χ1n) is 7.99. The summed E-state index contributed by atoms with van der Waals surface area (Å²) in [6.45, 7) is 11.8. The third-order valence-electron chi connectivity index (χ3n) is 3.24. The molecule has 1 heterocycles. The van der Waals surface area contributed by atoms with Crippen molar-refractivity contribution in [2.45, 2.75) is 65.4 Å². The topological polar surface area (TPSA) is 48.0 Å². The van der Waals surface area contributed by atoms with Crippen molar-refractivity contribution >= 4 is 6.09 Å². The fourth-order valence-corrected chi connectivity index (χ4v) is 2.33. The van der Waals surface area contributed by atoms with Crippen LogP contribution in [-0.4, -0.2) is 28.7 Å². The lowest BCUT2D eigenvalue weighted by Gasteiger charge is -2.37. The second kappa shape index (κ2) is 6.49. The van der Waals surface area contributed by atoms with Crippen LogP contribution in [0.2, 0.25) is 0 Å². The Hall–Kier alpha value is -1.59. The van der Waals surface area contributed by atoms with E-state index in [1.165, 1.54) is 0 Å². The highest BCUT2D eigenvalue weighted by Crippen LogP contribution is 2.33. The SMILES string of the molecule is CC(C)(C)OOC1c2ccccc2CCN1C(=O)OC(C)(C)C. The van der Waals surface area contributed by atoms with Crippen molar-refractivity contribution in [1.29, 1.82) is 0 Å². The van der Waals surface area contributed by atoms with Gasteiger partial charge in [0.25, 0.3) is 0 Å². The minimum Gasteiger partial charge on any atom is -0.444 e. The monoisotopic (exact) mass is 321 g/mol. The van der Waals surface area contributed by atoms with Gasteiger partial charge in [0.2, 0.25) is 0 Å². The van der Waals surface area contributed by atoms with Crippen molar-refractivity contribution in [3.63, 3.8) is 0 Å². The largest absolute Gasteiger partial charge is 0.444 e. The Labute approximate surface area is 138 Å². The number of benzene rings is 1. The smallest absolute Gasteiger partial charge is 0.412 e. The predicted octanol–water partition coefficient (Wildman–Crippen LogP) is 4.23. The maximum Gasteiger partial charge on any atom is 0.412 e. The Bertz CT molecular complexity index is 557. The summed E-state index contributed by atoms with van der Waals surface area (Å²) in [5.74, 6) is 0. The maximum atomic E-state index is 12.5. The Morgan fingerprint density at radius 2 is 1.74 bits per heavy atom. The average Bonchev–Trinajstić information content (AvgIpc) is 2.41. The molecule has 1 amide bonds. The lowest BCUT2D eigenvalue weighted by atomic mass is 9.98. The van der Waals surface area contributed by atoms with E-state index < -0.39 is 23.5 Å². The number of fused-ring (bicyclic) bond motifs is 1. The van der Waals surface area contributed by atoms with Crippen LogP contribution < -0.4 is 0 Å². The molecule has 1 atom stereocenters. The molecule has 0 aliphatic carbocycles. The van der Waals surface area contributed by atoms with E-state index in [0.717, 1.165) is 17.5 Å². The minimum atomic E-state index is -0.603. The van der Waals surface area contributed by atoms with Crippen LogP contribution in [0.25, 0.3) is 0 Å². The summed E-state index contributed by atoms with van der Waals surface area (Å²) in [7, 11) is 0. The molecular formula is C18H27NO4. The molecule has 0 aromatic heterocycles. The van der Waals surface area contributed by atoms with Gasteiger partial charge >= 0.3 is 6.09 Å². The molecule has 128 valence electrons. The van der Waals surface area contributed by atoms with Crippen molar-refractivity contribution in [2.75, 3.05) is 6.54 Å². The molecule has 1 aromatic carbocycles. The second-order valence-electron chi connectivity index (χ2n) is 7.77. The highest BCUT2D eigenvalue weighted by Gasteiger charge is 2.35. The van der Waals surface area contributed by atoms with Gasteiger partial charge in [-0.25, -0.2) is 14.6 Å². The van der Waals surface area contributed by atoms with Gasteiger partial charge in [-0.05, 0) is 53.5 Å². The Morgan fingerprint density at radius 3 is 2.35 bits per heavy atom. The summed E-state index contributed by atoms with van der Waals surface area (Å²) in [6.07, 6.45) is -0.228. The fourth-order valence-electron chi connectivity index (χ4n) is 2.33. The first-order chi connectivity index (χ1) is 10.6. The molecule has 1 aliphatic rings. The van der Waals surface area contributed by atoms with Gasteiger partial charge < -0.3 is 4.74 Å². The molecule has 0 saturated carbocycles. The van der Waals surface area contributed by atoms with Crippen LogP contribution in [0.15, 0.2) is 24.3 Å². The van der Waals surface area contributed by atoms with E-state index in [4.69, 9.17) is 14.5 Å². The van der Waals surface area contributed by atoms with Gasteiger partial charge in [0, 0.05) is 12.1 Å². The number of rotatable bonds is 2. The number of amides is 1. The third-order valence-corrected chi connectivity index (χ3v) is 3.24. The van der Waals surface area contributed by atoms with Gasteiger partial charge in [0.05, 0.1) is 5.60 Å². The first kappa shape index (κ1) is 17.8. The first-order valence-corrected chi connectivity index (χ1v) is 7.99. The van der Waals surface area contributed by atoms with Crippen molar-refractivity contribution < 1.29 is 19.3 Å².